The quantitative estimate of drug-likeness (QED) is 0.918. The van der Waals surface area contributed by atoms with Gasteiger partial charge in [0.1, 0.15) is 0 Å². The third-order valence-corrected chi connectivity index (χ3v) is 3.59. The molecule has 0 aliphatic rings. The highest BCUT2D eigenvalue weighted by atomic mass is 35.5. The zero-order chi connectivity index (χ0) is 15.6. The van der Waals surface area contributed by atoms with Crippen LogP contribution in [0.5, 0.6) is 0 Å². The van der Waals surface area contributed by atoms with Gasteiger partial charge in [0.2, 0.25) is 0 Å². The lowest BCUT2D eigenvalue weighted by molar-refractivity contribution is 0.102. The third kappa shape index (κ3) is 3.56. The molecule has 21 heavy (non-hydrogen) atoms. The van der Waals surface area contributed by atoms with Crippen LogP contribution in [-0.4, -0.2) is 20.0 Å². The van der Waals surface area contributed by atoms with Crippen LogP contribution >= 0.6 is 11.6 Å². The number of halogens is 1. The van der Waals surface area contributed by atoms with Crippen LogP contribution in [0.3, 0.4) is 0 Å². The van der Waals surface area contributed by atoms with Gasteiger partial charge in [-0.2, -0.15) is 0 Å². The molecule has 110 valence electrons. The van der Waals surface area contributed by atoms with Gasteiger partial charge in [0.15, 0.2) is 0 Å². The molecule has 0 radical (unpaired) electrons. The lowest BCUT2D eigenvalue weighted by Crippen LogP contribution is -2.15. The van der Waals surface area contributed by atoms with Gasteiger partial charge in [-0.15, -0.1) is 0 Å². The minimum absolute atomic E-state index is 0.160. The first-order valence-electron chi connectivity index (χ1n) is 6.74. The SMILES string of the molecule is Cc1cc(C)c(NC(=O)c2cccc(N(C)C)c2)c(Cl)c1. The minimum atomic E-state index is -0.160. The van der Waals surface area contributed by atoms with Crippen molar-refractivity contribution in [2.45, 2.75) is 13.8 Å². The van der Waals surface area contributed by atoms with Gasteiger partial charge in [-0.05, 0) is 49.2 Å². The molecule has 0 saturated carbocycles. The molecule has 0 heterocycles. The zero-order valence-electron chi connectivity index (χ0n) is 12.7. The van der Waals surface area contributed by atoms with Gasteiger partial charge in [0.25, 0.3) is 5.91 Å². The van der Waals surface area contributed by atoms with Gasteiger partial charge in [-0.25, -0.2) is 0 Å². The first kappa shape index (κ1) is 15.4. The second-order valence-corrected chi connectivity index (χ2v) is 5.74. The Morgan fingerprint density at radius 3 is 2.48 bits per heavy atom. The van der Waals surface area contributed by atoms with Crippen molar-refractivity contribution in [1.82, 2.24) is 0 Å². The van der Waals surface area contributed by atoms with Crippen molar-refractivity contribution in [2.24, 2.45) is 0 Å². The number of rotatable bonds is 3. The summed E-state index contributed by atoms with van der Waals surface area (Å²) in [6.45, 7) is 3.91. The highest BCUT2D eigenvalue weighted by Gasteiger charge is 2.12. The normalized spacial score (nSPS) is 10.3. The van der Waals surface area contributed by atoms with Crippen LogP contribution in [0.1, 0.15) is 21.5 Å². The standard InChI is InChI=1S/C17H19ClN2O/c1-11-8-12(2)16(15(18)9-11)19-17(21)13-6-5-7-14(10-13)20(3)4/h5-10H,1-4H3,(H,19,21). The predicted octanol–water partition coefficient (Wildman–Crippen LogP) is 4.28. The van der Waals surface area contributed by atoms with Crippen molar-refractivity contribution in [2.75, 3.05) is 24.3 Å². The fourth-order valence-corrected chi connectivity index (χ4v) is 2.55. The van der Waals surface area contributed by atoms with Gasteiger partial charge in [0.05, 0.1) is 10.7 Å². The molecule has 0 aromatic heterocycles. The Hall–Kier alpha value is -2.00. The maximum absolute atomic E-state index is 12.4. The number of nitrogens with zero attached hydrogens (tertiary/aromatic N) is 1. The van der Waals surface area contributed by atoms with Crippen LogP contribution < -0.4 is 10.2 Å². The number of carbonyl (C=O) groups is 1. The van der Waals surface area contributed by atoms with Crippen molar-refractivity contribution >= 4 is 28.9 Å². The van der Waals surface area contributed by atoms with E-state index in [2.05, 4.69) is 5.32 Å². The third-order valence-electron chi connectivity index (χ3n) is 3.30. The Labute approximate surface area is 130 Å². The number of hydrogen-bond acceptors (Lipinski definition) is 2. The number of carbonyl (C=O) groups excluding carboxylic acids is 1. The molecule has 2 aromatic rings. The number of hydrogen-bond donors (Lipinski definition) is 1. The largest absolute Gasteiger partial charge is 0.378 e. The molecular formula is C17H19ClN2O. The van der Waals surface area contributed by atoms with Crippen molar-refractivity contribution in [3.05, 3.63) is 58.1 Å². The van der Waals surface area contributed by atoms with Gasteiger partial charge in [-0.3, -0.25) is 4.79 Å². The average Bonchev–Trinajstić information content (AvgIpc) is 2.42. The molecule has 0 spiro atoms. The highest BCUT2D eigenvalue weighted by Crippen LogP contribution is 2.28. The van der Waals surface area contributed by atoms with Crippen molar-refractivity contribution in [3.63, 3.8) is 0 Å². The van der Waals surface area contributed by atoms with Gasteiger partial charge in [0, 0.05) is 25.3 Å². The Morgan fingerprint density at radius 1 is 1.14 bits per heavy atom. The Kier molecular flexibility index (Phi) is 4.53. The molecule has 3 nitrogen and oxygen atoms in total. The van der Waals surface area contributed by atoms with Crippen LogP contribution in [0.2, 0.25) is 5.02 Å². The van der Waals surface area contributed by atoms with E-state index < -0.39 is 0 Å². The molecule has 0 unspecified atom stereocenters. The summed E-state index contributed by atoms with van der Waals surface area (Å²) in [6.07, 6.45) is 0. The summed E-state index contributed by atoms with van der Waals surface area (Å²) < 4.78 is 0. The molecular weight excluding hydrogens is 284 g/mol. The molecule has 0 saturated heterocycles. The van der Waals surface area contributed by atoms with E-state index in [1.165, 1.54) is 0 Å². The smallest absolute Gasteiger partial charge is 0.255 e. The van der Waals surface area contributed by atoms with E-state index in [1.54, 1.807) is 6.07 Å². The van der Waals surface area contributed by atoms with Crippen LogP contribution in [0.15, 0.2) is 36.4 Å². The van der Waals surface area contributed by atoms with Crippen molar-refractivity contribution < 1.29 is 4.79 Å². The topological polar surface area (TPSA) is 32.3 Å². The van der Waals surface area contributed by atoms with Crippen LogP contribution in [0.4, 0.5) is 11.4 Å². The van der Waals surface area contributed by atoms with Crippen LogP contribution in [0.25, 0.3) is 0 Å². The molecule has 0 bridgehead atoms. The van der Waals surface area contributed by atoms with E-state index in [0.29, 0.717) is 16.3 Å². The molecule has 0 fully saturated rings. The summed E-state index contributed by atoms with van der Waals surface area (Å²) in [6, 6.07) is 11.3. The molecule has 1 N–H and O–H groups in total. The monoisotopic (exact) mass is 302 g/mol. The number of nitrogens with one attached hydrogen (secondary N) is 1. The average molecular weight is 303 g/mol. The summed E-state index contributed by atoms with van der Waals surface area (Å²) >= 11 is 6.23. The number of benzene rings is 2. The van der Waals surface area contributed by atoms with Gasteiger partial charge < -0.3 is 10.2 Å². The van der Waals surface area contributed by atoms with E-state index in [0.717, 1.165) is 16.8 Å². The van der Waals surface area contributed by atoms with E-state index in [9.17, 15) is 4.79 Å². The van der Waals surface area contributed by atoms with Crippen molar-refractivity contribution in [1.29, 1.82) is 0 Å². The zero-order valence-corrected chi connectivity index (χ0v) is 13.5. The molecule has 0 aliphatic carbocycles. The predicted molar refractivity (Wildman–Crippen MR) is 89.6 cm³/mol. The van der Waals surface area contributed by atoms with Crippen molar-refractivity contribution in [3.8, 4) is 0 Å². The van der Waals surface area contributed by atoms with E-state index in [4.69, 9.17) is 11.6 Å². The lowest BCUT2D eigenvalue weighted by Gasteiger charge is -2.15. The molecule has 4 heteroatoms. The second kappa shape index (κ2) is 6.19. The Balaban J connectivity index is 2.28. The van der Waals surface area contributed by atoms with E-state index in [-0.39, 0.29) is 5.91 Å². The number of aryl methyl sites for hydroxylation is 2. The second-order valence-electron chi connectivity index (χ2n) is 5.34. The molecule has 1 amide bonds. The molecule has 0 aliphatic heterocycles. The van der Waals surface area contributed by atoms with Gasteiger partial charge in [-0.1, -0.05) is 23.7 Å². The maximum Gasteiger partial charge on any atom is 0.255 e. The maximum atomic E-state index is 12.4. The first-order chi connectivity index (χ1) is 9.88. The molecule has 2 rings (SSSR count). The lowest BCUT2D eigenvalue weighted by atomic mass is 10.1. The first-order valence-corrected chi connectivity index (χ1v) is 7.12. The molecule has 0 atom stereocenters. The van der Waals surface area contributed by atoms with Gasteiger partial charge >= 0.3 is 0 Å². The summed E-state index contributed by atoms with van der Waals surface area (Å²) in [5, 5.41) is 3.46. The summed E-state index contributed by atoms with van der Waals surface area (Å²) in [5.41, 5.74) is 4.29. The minimum Gasteiger partial charge on any atom is -0.378 e. The van der Waals surface area contributed by atoms with Crippen LogP contribution in [0, 0.1) is 13.8 Å². The van der Waals surface area contributed by atoms with Crippen LogP contribution in [-0.2, 0) is 0 Å². The van der Waals surface area contributed by atoms with E-state index >= 15 is 0 Å². The fourth-order valence-electron chi connectivity index (χ4n) is 2.19. The summed E-state index contributed by atoms with van der Waals surface area (Å²) in [5.74, 6) is -0.160. The number of anilines is 2. The molecule has 2 aromatic carbocycles. The Morgan fingerprint density at radius 2 is 1.86 bits per heavy atom. The summed E-state index contributed by atoms with van der Waals surface area (Å²) in [7, 11) is 3.88. The fraction of sp³-hybridized carbons (Fsp3) is 0.235. The number of amides is 1. The summed E-state index contributed by atoms with van der Waals surface area (Å²) in [4.78, 5) is 14.3. The highest BCUT2D eigenvalue weighted by molar-refractivity contribution is 6.34. The van der Waals surface area contributed by atoms with E-state index in [1.807, 2.05) is 63.2 Å². The Bertz CT molecular complexity index is 657.